The van der Waals surface area contributed by atoms with E-state index in [1.54, 1.807) is 22.0 Å². The van der Waals surface area contributed by atoms with Gasteiger partial charge in [0.15, 0.2) is 5.75 Å². The van der Waals surface area contributed by atoms with Crippen LogP contribution in [0.1, 0.15) is 0 Å². The van der Waals surface area contributed by atoms with Crippen LogP contribution in [0, 0.1) is 0 Å². The predicted octanol–water partition coefficient (Wildman–Crippen LogP) is -0.176. The number of carbonyl (C=O) groups excluding carboxylic acids is 1. The summed E-state index contributed by atoms with van der Waals surface area (Å²) in [7, 11) is 1.83. The number of hydrogen-bond acceptors (Lipinski definition) is 3. The first-order valence-corrected chi connectivity index (χ1v) is 4.90. The molecule has 2 heterocycles. The molecule has 0 aromatic carbocycles. The lowest BCUT2D eigenvalue weighted by Crippen LogP contribution is -2.31. The third-order valence-electron chi connectivity index (χ3n) is 2.26. The summed E-state index contributed by atoms with van der Waals surface area (Å²) >= 11 is 0. The Labute approximate surface area is 87.8 Å². The Kier molecular flexibility index (Phi) is 2.75. The van der Waals surface area contributed by atoms with Crippen LogP contribution in [0.2, 0.25) is 0 Å². The molecule has 0 saturated carbocycles. The van der Waals surface area contributed by atoms with Gasteiger partial charge in [0, 0.05) is 20.1 Å². The number of nitrogens with one attached hydrogen (secondary N) is 1. The maximum atomic E-state index is 11.2. The molecule has 1 aliphatic rings. The van der Waals surface area contributed by atoms with Gasteiger partial charge in [-0.25, -0.2) is 4.79 Å². The lowest BCUT2D eigenvalue weighted by atomic mass is 10.5. The third-order valence-corrected chi connectivity index (χ3v) is 2.26. The van der Waals surface area contributed by atoms with Crippen LogP contribution in [0.4, 0.5) is 4.79 Å². The highest BCUT2D eigenvalue weighted by atomic mass is 16.5. The molecule has 1 aromatic heterocycles. The molecule has 2 amide bonds. The van der Waals surface area contributed by atoms with Crippen molar-refractivity contribution in [2.45, 2.75) is 0 Å². The van der Waals surface area contributed by atoms with Gasteiger partial charge in [-0.05, 0) is 0 Å². The summed E-state index contributed by atoms with van der Waals surface area (Å²) in [6.07, 6.45) is 3.45. The Hall–Kier alpha value is -1.72. The molecule has 0 aliphatic carbocycles. The summed E-state index contributed by atoms with van der Waals surface area (Å²) in [6, 6.07) is -0.00946. The molecule has 0 atom stereocenters. The highest BCUT2D eigenvalue weighted by Gasteiger charge is 2.18. The molecule has 6 nitrogen and oxygen atoms in total. The molecule has 0 bridgehead atoms. The van der Waals surface area contributed by atoms with Gasteiger partial charge in [0.1, 0.15) is 6.61 Å². The van der Waals surface area contributed by atoms with Crippen LogP contribution in [0.5, 0.6) is 5.75 Å². The summed E-state index contributed by atoms with van der Waals surface area (Å²) in [6.45, 7) is 2.60. The van der Waals surface area contributed by atoms with Crippen molar-refractivity contribution >= 4 is 6.03 Å². The molecule has 1 saturated heterocycles. The zero-order chi connectivity index (χ0) is 10.7. The number of carbonyl (C=O) groups is 1. The van der Waals surface area contributed by atoms with Crippen molar-refractivity contribution in [1.29, 1.82) is 0 Å². The van der Waals surface area contributed by atoms with Crippen molar-refractivity contribution in [1.82, 2.24) is 20.0 Å². The standard InChI is InChI=1S/C9H14N4O2/c1-12-7-8(6-11-12)15-5-4-13-3-2-10-9(13)14/h6-7H,2-5H2,1H3,(H,10,14). The summed E-state index contributed by atoms with van der Waals surface area (Å²) in [5, 5.41) is 6.72. The summed E-state index contributed by atoms with van der Waals surface area (Å²) in [5.74, 6) is 0.733. The van der Waals surface area contributed by atoms with Crippen molar-refractivity contribution in [3.05, 3.63) is 12.4 Å². The lowest BCUT2D eigenvalue weighted by molar-refractivity contribution is 0.202. The first-order valence-electron chi connectivity index (χ1n) is 4.90. The van der Waals surface area contributed by atoms with Gasteiger partial charge in [-0.1, -0.05) is 0 Å². The van der Waals surface area contributed by atoms with Crippen molar-refractivity contribution in [3.8, 4) is 5.75 Å². The molecule has 1 N–H and O–H groups in total. The van der Waals surface area contributed by atoms with E-state index in [1.807, 2.05) is 7.05 Å². The number of ether oxygens (including phenoxy) is 1. The Balaban J connectivity index is 1.73. The molecule has 0 spiro atoms. The maximum Gasteiger partial charge on any atom is 0.317 e. The normalized spacial score (nSPS) is 15.5. The minimum Gasteiger partial charge on any atom is -0.488 e. The van der Waals surface area contributed by atoms with E-state index in [1.165, 1.54) is 0 Å². The lowest BCUT2D eigenvalue weighted by Gasteiger charge is -2.13. The van der Waals surface area contributed by atoms with Gasteiger partial charge < -0.3 is 15.0 Å². The van der Waals surface area contributed by atoms with Crippen LogP contribution in [0.15, 0.2) is 12.4 Å². The first-order chi connectivity index (χ1) is 7.25. The van der Waals surface area contributed by atoms with Gasteiger partial charge in [-0.3, -0.25) is 4.68 Å². The second kappa shape index (κ2) is 4.20. The molecule has 0 radical (unpaired) electrons. The van der Waals surface area contributed by atoms with Crippen molar-refractivity contribution in [2.24, 2.45) is 7.05 Å². The van der Waals surface area contributed by atoms with E-state index < -0.39 is 0 Å². The van der Waals surface area contributed by atoms with Gasteiger partial charge in [-0.15, -0.1) is 0 Å². The quantitative estimate of drug-likeness (QED) is 0.750. The van der Waals surface area contributed by atoms with E-state index in [0.29, 0.717) is 13.2 Å². The van der Waals surface area contributed by atoms with Crippen LogP contribution in [-0.2, 0) is 7.05 Å². The minimum atomic E-state index is -0.00946. The predicted molar refractivity (Wildman–Crippen MR) is 53.7 cm³/mol. The molecule has 1 aliphatic heterocycles. The monoisotopic (exact) mass is 210 g/mol. The van der Waals surface area contributed by atoms with E-state index in [4.69, 9.17) is 4.74 Å². The van der Waals surface area contributed by atoms with Gasteiger partial charge >= 0.3 is 6.03 Å². The second-order valence-corrected chi connectivity index (χ2v) is 3.42. The highest BCUT2D eigenvalue weighted by molar-refractivity contribution is 5.76. The summed E-state index contributed by atoms with van der Waals surface area (Å²) < 4.78 is 7.11. The molecule has 6 heteroatoms. The number of aryl methyl sites for hydroxylation is 1. The number of nitrogens with zero attached hydrogens (tertiary/aromatic N) is 3. The molecule has 2 rings (SSSR count). The minimum absolute atomic E-state index is 0.00946. The highest BCUT2D eigenvalue weighted by Crippen LogP contribution is 2.06. The SMILES string of the molecule is Cn1cc(OCCN2CCNC2=O)cn1. The first kappa shape index (κ1) is 9.82. The molecule has 0 unspecified atom stereocenters. The van der Waals surface area contributed by atoms with E-state index in [2.05, 4.69) is 10.4 Å². The molecular formula is C9H14N4O2. The van der Waals surface area contributed by atoms with Gasteiger partial charge in [-0.2, -0.15) is 5.10 Å². The Bertz CT molecular complexity index is 350. The average Bonchev–Trinajstić information content (AvgIpc) is 2.77. The fraction of sp³-hybridized carbons (Fsp3) is 0.556. The fourth-order valence-electron chi connectivity index (χ4n) is 1.47. The maximum absolute atomic E-state index is 11.2. The summed E-state index contributed by atoms with van der Waals surface area (Å²) in [5.41, 5.74) is 0. The van der Waals surface area contributed by atoms with Gasteiger partial charge in [0.25, 0.3) is 0 Å². The molecule has 1 aromatic rings. The summed E-state index contributed by atoms with van der Waals surface area (Å²) in [4.78, 5) is 12.9. The molecular weight excluding hydrogens is 196 g/mol. The number of rotatable bonds is 4. The molecule has 15 heavy (non-hydrogen) atoms. The van der Waals surface area contributed by atoms with Crippen molar-refractivity contribution in [2.75, 3.05) is 26.2 Å². The van der Waals surface area contributed by atoms with Crippen LogP contribution < -0.4 is 10.1 Å². The average molecular weight is 210 g/mol. The van der Waals surface area contributed by atoms with Gasteiger partial charge in [0.2, 0.25) is 0 Å². The second-order valence-electron chi connectivity index (χ2n) is 3.42. The van der Waals surface area contributed by atoms with E-state index in [-0.39, 0.29) is 6.03 Å². The number of hydrogen-bond donors (Lipinski definition) is 1. The van der Waals surface area contributed by atoms with Gasteiger partial charge in [0.05, 0.1) is 18.9 Å². The van der Waals surface area contributed by atoms with Crippen molar-refractivity contribution < 1.29 is 9.53 Å². The van der Waals surface area contributed by atoms with Crippen LogP contribution in [-0.4, -0.2) is 47.0 Å². The van der Waals surface area contributed by atoms with Crippen LogP contribution >= 0.6 is 0 Å². The number of urea groups is 1. The fourth-order valence-corrected chi connectivity index (χ4v) is 1.47. The largest absolute Gasteiger partial charge is 0.488 e. The topological polar surface area (TPSA) is 59.4 Å². The van der Waals surface area contributed by atoms with E-state index in [9.17, 15) is 4.79 Å². The van der Waals surface area contributed by atoms with E-state index in [0.717, 1.165) is 18.8 Å². The van der Waals surface area contributed by atoms with Crippen LogP contribution in [0.25, 0.3) is 0 Å². The smallest absolute Gasteiger partial charge is 0.317 e. The Morgan fingerprint density at radius 1 is 1.67 bits per heavy atom. The van der Waals surface area contributed by atoms with E-state index >= 15 is 0 Å². The zero-order valence-electron chi connectivity index (χ0n) is 8.64. The van der Waals surface area contributed by atoms with Crippen LogP contribution in [0.3, 0.4) is 0 Å². The molecule has 1 fully saturated rings. The number of aromatic nitrogens is 2. The Morgan fingerprint density at radius 3 is 3.13 bits per heavy atom. The zero-order valence-corrected chi connectivity index (χ0v) is 8.64. The third kappa shape index (κ3) is 2.39. The Morgan fingerprint density at radius 2 is 2.53 bits per heavy atom. The van der Waals surface area contributed by atoms with Crippen molar-refractivity contribution in [3.63, 3.8) is 0 Å². The molecule has 82 valence electrons. The number of amides is 2.